The number of amides is 1. The second-order valence-corrected chi connectivity index (χ2v) is 7.20. The number of carbonyl (C=O) groups excluding carboxylic acids is 2. The Morgan fingerprint density at radius 3 is 2.77 bits per heavy atom. The number of hydrogen-bond donors (Lipinski definition) is 2. The molecular weight excluding hydrogens is 384 g/mol. The van der Waals surface area contributed by atoms with Crippen LogP contribution < -0.4 is 10.6 Å². The van der Waals surface area contributed by atoms with Gasteiger partial charge in [0.15, 0.2) is 6.61 Å². The maximum atomic E-state index is 12.5. The molecule has 1 aromatic carbocycles. The van der Waals surface area contributed by atoms with E-state index in [1.165, 1.54) is 12.8 Å². The molecule has 1 aliphatic carbocycles. The fraction of sp³-hybridized carbons (Fsp3) is 0.318. The van der Waals surface area contributed by atoms with E-state index >= 15 is 0 Å². The van der Waals surface area contributed by atoms with Crippen LogP contribution in [0, 0.1) is 0 Å². The van der Waals surface area contributed by atoms with Gasteiger partial charge in [-0.15, -0.1) is 0 Å². The van der Waals surface area contributed by atoms with E-state index in [4.69, 9.17) is 9.15 Å². The molecule has 0 bridgehead atoms. The van der Waals surface area contributed by atoms with E-state index in [1.807, 2.05) is 16.8 Å². The average molecular weight is 408 g/mol. The predicted octanol–water partition coefficient (Wildman–Crippen LogP) is 4.00. The molecule has 30 heavy (non-hydrogen) atoms. The zero-order chi connectivity index (χ0) is 20.8. The van der Waals surface area contributed by atoms with Gasteiger partial charge in [-0.25, -0.2) is 9.48 Å². The highest BCUT2D eigenvalue weighted by Gasteiger charge is 2.21. The third-order valence-electron chi connectivity index (χ3n) is 5.12. The lowest BCUT2D eigenvalue weighted by molar-refractivity contribution is -0.119. The number of furan rings is 1. The second kappa shape index (κ2) is 9.30. The highest BCUT2D eigenvalue weighted by atomic mass is 16.5. The zero-order valence-electron chi connectivity index (χ0n) is 16.5. The first-order chi connectivity index (χ1) is 14.7. The average Bonchev–Trinajstić information content (AvgIpc) is 3.53. The number of nitrogens with one attached hydrogen (secondary N) is 2. The number of carbonyl (C=O) groups is 2. The van der Waals surface area contributed by atoms with E-state index in [9.17, 15) is 9.59 Å². The molecule has 3 aromatic rings. The summed E-state index contributed by atoms with van der Waals surface area (Å²) in [4.78, 5) is 24.8. The Kier molecular flexibility index (Phi) is 6.12. The maximum Gasteiger partial charge on any atom is 0.340 e. The van der Waals surface area contributed by atoms with Crippen molar-refractivity contribution in [3.8, 4) is 0 Å². The first-order valence-electron chi connectivity index (χ1n) is 10.1. The Morgan fingerprint density at radius 1 is 1.13 bits per heavy atom. The van der Waals surface area contributed by atoms with Crippen LogP contribution in [0.2, 0.25) is 0 Å². The number of aromatic nitrogens is 2. The summed E-state index contributed by atoms with van der Waals surface area (Å²) in [7, 11) is 0. The summed E-state index contributed by atoms with van der Waals surface area (Å²) >= 11 is 0. The lowest BCUT2D eigenvalue weighted by atomic mass is 10.2. The summed E-state index contributed by atoms with van der Waals surface area (Å²) in [6.45, 7) is 0.0597. The molecule has 2 N–H and O–H groups in total. The van der Waals surface area contributed by atoms with Gasteiger partial charge in [0.1, 0.15) is 11.6 Å². The Morgan fingerprint density at radius 2 is 1.97 bits per heavy atom. The van der Waals surface area contributed by atoms with E-state index in [0.717, 1.165) is 18.6 Å². The van der Waals surface area contributed by atoms with Crippen molar-refractivity contribution in [2.75, 3.05) is 17.2 Å². The third-order valence-corrected chi connectivity index (χ3v) is 5.12. The molecule has 0 atom stereocenters. The number of anilines is 2. The van der Waals surface area contributed by atoms with Crippen molar-refractivity contribution in [3.05, 3.63) is 66.2 Å². The van der Waals surface area contributed by atoms with Crippen molar-refractivity contribution in [2.24, 2.45) is 0 Å². The summed E-state index contributed by atoms with van der Waals surface area (Å²) in [5.41, 5.74) is 0.964. The molecule has 0 radical (unpaired) electrons. The van der Waals surface area contributed by atoms with Crippen LogP contribution in [0.5, 0.6) is 0 Å². The van der Waals surface area contributed by atoms with Crippen molar-refractivity contribution < 1.29 is 18.7 Å². The standard InChI is InChI=1S/C22H24N4O4/c27-21(25-20-11-12-24-26(20)16-6-1-2-7-16)15-30-22(28)18-9-3-4-10-19(18)23-14-17-8-5-13-29-17/h3-5,8-13,16,23H,1-2,6-7,14-15H2,(H,25,27). The fourth-order valence-electron chi connectivity index (χ4n) is 3.65. The van der Waals surface area contributed by atoms with Gasteiger partial charge < -0.3 is 19.8 Å². The lowest BCUT2D eigenvalue weighted by Gasteiger charge is -2.15. The van der Waals surface area contributed by atoms with Crippen LogP contribution in [0.3, 0.4) is 0 Å². The van der Waals surface area contributed by atoms with Gasteiger partial charge in [0.05, 0.1) is 30.6 Å². The molecule has 4 rings (SSSR count). The molecule has 0 aliphatic heterocycles. The molecular formula is C22H24N4O4. The fourth-order valence-corrected chi connectivity index (χ4v) is 3.65. The molecule has 0 unspecified atom stereocenters. The first-order valence-corrected chi connectivity index (χ1v) is 10.1. The van der Waals surface area contributed by atoms with Crippen LogP contribution in [0.4, 0.5) is 11.5 Å². The van der Waals surface area contributed by atoms with Crippen LogP contribution in [-0.4, -0.2) is 28.3 Å². The summed E-state index contributed by atoms with van der Waals surface area (Å²) in [5.74, 6) is 0.404. The number of ether oxygens (including phenoxy) is 1. The van der Waals surface area contributed by atoms with Gasteiger partial charge in [-0.05, 0) is 37.1 Å². The summed E-state index contributed by atoms with van der Waals surface area (Å²) < 4.78 is 12.4. The van der Waals surface area contributed by atoms with E-state index in [1.54, 1.807) is 42.8 Å². The number of rotatable bonds is 8. The molecule has 1 amide bonds. The topological polar surface area (TPSA) is 98.4 Å². The van der Waals surface area contributed by atoms with Gasteiger partial charge >= 0.3 is 5.97 Å². The predicted molar refractivity (Wildman–Crippen MR) is 111 cm³/mol. The second-order valence-electron chi connectivity index (χ2n) is 7.20. The molecule has 0 spiro atoms. The smallest absolute Gasteiger partial charge is 0.340 e. The number of benzene rings is 1. The van der Waals surface area contributed by atoms with Gasteiger partial charge in [-0.2, -0.15) is 5.10 Å². The number of esters is 1. The molecule has 156 valence electrons. The minimum Gasteiger partial charge on any atom is -0.467 e. The first kappa shape index (κ1) is 19.8. The minimum absolute atomic E-state index is 0.310. The normalized spacial score (nSPS) is 13.9. The van der Waals surface area contributed by atoms with Crippen molar-refractivity contribution in [1.29, 1.82) is 0 Å². The van der Waals surface area contributed by atoms with Gasteiger partial charge in [0.2, 0.25) is 0 Å². The number of hydrogen-bond acceptors (Lipinski definition) is 6. The van der Waals surface area contributed by atoms with E-state index < -0.39 is 11.9 Å². The minimum atomic E-state index is -0.572. The van der Waals surface area contributed by atoms with E-state index in [-0.39, 0.29) is 6.61 Å². The van der Waals surface area contributed by atoms with Gasteiger partial charge in [-0.3, -0.25) is 4.79 Å². The number of para-hydroxylation sites is 1. The molecule has 8 heteroatoms. The molecule has 1 aliphatic rings. The van der Waals surface area contributed by atoms with Crippen molar-refractivity contribution in [3.63, 3.8) is 0 Å². The zero-order valence-corrected chi connectivity index (χ0v) is 16.5. The monoisotopic (exact) mass is 408 g/mol. The van der Waals surface area contributed by atoms with Gasteiger partial charge in [0.25, 0.3) is 5.91 Å². The van der Waals surface area contributed by atoms with Gasteiger partial charge in [-0.1, -0.05) is 25.0 Å². The van der Waals surface area contributed by atoms with Crippen LogP contribution in [0.1, 0.15) is 47.8 Å². The Labute approximate surface area is 174 Å². The van der Waals surface area contributed by atoms with E-state index in [0.29, 0.717) is 29.7 Å². The van der Waals surface area contributed by atoms with Crippen molar-refractivity contribution >= 4 is 23.4 Å². The van der Waals surface area contributed by atoms with Crippen molar-refractivity contribution in [1.82, 2.24) is 9.78 Å². The Bertz CT molecular complexity index is 990. The van der Waals surface area contributed by atoms with Crippen LogP contribution in [0.25, 0.3) is 0 Å². The summed E-state index contributed by atoms with van der Waals surface area (Å²) in [6.07, 6.45) is 7.71. The van der Waals surface area contributed by atoms with Crippen LogP contribution >= 0.6 is 0 Å². The Balaban J connectivity index is 1.32. The quantitative estimate of drug-likeness (QED) is 0.547. The molecule has 1 saturated carbocycles. The van der Waals surface area contributed by atoms with Crippen LogP contribution in [0.15, 0.2) is 59.3 Å². The van der Waals surface area contributed by atoms with Gasteiger partial charge in [0, 0.05) is 11.8 Å². The van der Waals surface area contributed by atoms with Crippen LogP contribution in [-0.2, 0) is 16.1 Å². The third kappa shape index (κ3) is 4.71. The molecule has 0 saturated heterocycles. The highest BCUT2D eigenvalue weighted by Crippen LogP contribution is 2.31. The lowest BCUT2D eigenvalue weighted by Crippen LogP contribution is -2.23. The molecule has 2 heterocycles. The summed E-state index contributed by atoms with van der Waals surface area (Å²) in [5, 5.41) is 10.3. The maximum absolute atomic E-state index is 12.5. The Hall–Kier alpha value is -3.55. The summed E-state index contributed by atoms with van der Waals surface area (Å²) in [6, 6.07) is 12.7. The van der Waals surface area contributed by atoms with E-state index in [2.05, 4.69) is 15.7 Å². The van der Waals surface area contributed by atoms with Crippen molar-refractivity contribution in [2.45, 2.75) is 38.3 Å². The largest absolute Gasteiger partial charge is 0.467 e. The molecule has 8 nitrogen and oxygen atoms in total. The highest BCUT2D eigenvalue weighted by molar-refractivity contribution is 5.98. The molecule has 1 fully saturated rings. The number of nitrogens with zero attached hydrogens (tertiary/aromatic N) is 2. The molecule has 2 aromatic heterocycles. The SMILES string of the molecule is O=C(COC(=O)c1ccccc1NCc1ccco1)Nc1ccnn1C1CCCC1.